The molecule has 0 saturated carbocycles. The maximum absolute atomic E-state index is 12.5. The second-order valence-electron chi connectivity index (χ2n) is 5.48. The van der Waals surface area contributed by atoms with E-state index in [1.807, 2.05) is 24.3 Å². The van der Waals surface area contributed by atoms with Crippen molar-refractivity contribution >= 4 is 41.3 Å². The van der Waals surface area contributed by atoms with Gasteiger partial charge in [0.1, 0.15) is 0 Å². The molecule has 0 fully saturated rings. The van der Waals surface area contributed by atoms with Crippen LogP contribution in [0.2, 0.25) is 0 Å². The molecule has 0 aliphatic rings. The fourth-order valence-electron chi connectivity index (χ4n) is 2.17. The van der Waals surface area contributed by atoms with Crippen molar-refractivity contribution < 1.29 is 17.9 Å². The average molecular weight is 514 g/mol. The molecule has 2 aromatic rings. The van der Waals surface area contributed by atoms with Crippen molar-refractivity contribution in [3.05, 3.63) is 51.5 Å². The number of alkyl halides is 3. The van der Waals surface area contributed by atoms with E-state index in [1.54, 1.807) is 14.2 Å². The van der Waals surface area contributed by atoms with Crippen molar-refractivity contribution in [2.75, 3.05) is 20.7 Å². The van der Waals surface area contributed by atoms with E-state index in [-0.39, 0.29) is 24.0 Å². The summed E-state index contributed by atoms with van der Waals surface area (Å²) in [7, 11) is 3.29. The van der Waals surface area contributed by atoms with E-state index in [0.29, 0.717) is 37.1 Å². The summed E-state index contributed by atoms with van der Waals surface area (Å²) >= 11 is 1.01. The van der Waals surface area contributed by atoms with Crippen LogP contribution >= 0.6 is 35.3 Å². The van der Waals surface area contributed by atoms with Gasteiger partial charge in [0, 0.05) is 39.0 Å². The van der Waals surface area contributed by atoms with Crippen molar-refractivity contribution in [3.8, 4) is 0 Å². The van der Waals surface area contributed by atoms with E-state index < -0.39 is 11.9 Å². The molecule has 1 heterocycles. The van der Waals surface area contributed by atoms with Gasteiger partial charge in [-0.1, -0.05) is 24.3 Å². The van der Waals surface area contributed by atoms with Crippen LogP contribution in [0.1, 0.15) is 21.8 Å². The summed E-state index contributed by atoms with van der Waals surface area (Å²) in [6.07, 6.45) is -3.99. The zero-order chi connectivity index (χ0) is 19.0. The van der Waals surface area contributed by atoms with E-state index in [4.69, 9.17) is 4.74 Å². The molecule has 2 rings (SSSR count). The van der Waals surface area contributed by atoms with Gasteiger partial charge < -0.3 is 15.4 Å². The number of nitrogens with zero attached hydrogens (tertiary/aromatic N) is 2. The summed E-state index contributed by atoms with van der Waals surface area (Å²) in [5.74, 6) is 0.582. The lowest BCUT2D eigenvalue weighted by atomic mass is 10.1. The molecular weight excluding hydrogens is 492 g/mol. The Balaban J connectivity index is 0.00000364. The number of hydrogen-bond acceptors (Lipinski definition) is 4. The maximum Gasteiger partial charge on any atom is 0.434 e. The third kappa shape index (κ3) is 8.01. The number of aromatic nitrogens is 1. The van der Waals surface area contributed by atoms with E-state index in [2.05, 4.69) is 20.6 Å². The third-order valence-corrected chi connectivity index (χ3v) is 4.40. The van der Waals surface area contributed by atoms with Crippen molar-refractivity contribution in [1.82, 2.24) is 15.6 Å². The number of nitrogens with one attached hydrogen (secondary N) is 2. The lowest BCUT2D eigenvalue weighted by molar-refractivity contribution is -0.140. The van der Waals surface area contributed by atoms with Gasteiger partial charge in [0.25, 0.3) is 0 Å². The molecule has 27 heavy (non-hydrogen) atoms. The van der Waals surface area contributed by atoms with Crippen LogP contribution in [-0.2, 0) is 30.5 Å². The predicted molar refractivity (Wildman–Crippen MR) is 112 cm³/mol. The fraction of sp³-hybridized carbons (Fsp3) is 0.412. The van der Waals surface area contributed by atoms with Crippen LogP contribution in [0.4, 0.5) is 13.2 Å². The number of rotatable bonds is 7. The molecule has 0 atom stereocenters. The molecule has 5 nitrogen and oxygen atoms in total. The van der Waals surface area contributed by atoms with Crippen LogP contribution < -0.4 is 10.6 Å². The number of halogens is 4. The lowest BCUT2D eigenvalue weighted by Gasteiger charge is -2.11. The number of ether oxygens (including phenoxy) is 1. The summed E-state index contributed by atoms with van der Waals surface area (Å²) in [6.45, 7) is 1.60. The highest BCUT2D eigenvalue weighted by atomic mass is 127. The molecule has 0 aliphatic carbocycles. The van der Waals surface area contributed by atoms with Gasteiger partial charge in [-0.05, 0) is 11.1 Å². The van der Waals surface area contributed by atoms with Gasteiger partial charge in [-0.25, -0.2) is 4.98 Å². The Morgan fingerprint density at radius 3 is 2.41 bits per heavy atom. The Kier molecular flexibility index (Phi) is 10.0. The number of benzene rings is 1. The normalized spacial score (nSPS) is 11.8. The SMILES string of the molecule is CN=C(NCCc1nc(C(F)(F)F)cs1)NCc1ccc(COC)cc1.I. The molecule has 0 saturated heterocycles. The topological polar surface area (TPSA) is 58.5 Å². The quantitative estimate of drug-likeness (QED) is 0.335. The van der Waals surface area contributed by atoms with Gasteiger partial charge in [-0.3, -0.25) is 4.99 Å². The molecular formula is C17H22F3IN4OS. The highest BCUT2D eigenvalue weighted by Gasteiger charge is 2.33. The second-order valence-corrected chi connectivity index (χ2v) is 6.42. The first-order valence-corrected chi connectivity index (χ1v) is 8.83. The Labute approximate surface area is 177 Å². The van der Waals surface area contributed by atoms with Crippen molar-refractivity contribution in [3.63, 3.8) is 0 Å². The summed E-state index contributed by atoms with van der Waals surface area (Å²) in [4.78, 5) is 7.71. The van der Waals surface area contributed by atoms with Crippen LogP contribution in [-0.4, -0.2) is 31.6 Å². The zero-order valence-corrected chi connectivity index (χ0v) is 18.1. The number of guanidine groups is 1. The minimum absolute atomic E-state index is 0. The smallest absolute Gasteiger partial charge is 0.380 e. The first-order valence-electron chi connectivity index (χ1n) is 7.95. The highest BCUT2D eigenvalue weighted by Crippen LogP contribution is 2.29. The molecule has 1 aromatic heterocycles. The maximum atomic E-state index is 12.5. The summed E-state index contributed by atoms with van der Waals surface area (Å²) < 4.78 is 42.7. The number of hydrogen-bond donors (Lipinski definition) is 2. The monoisotopic (exact) mass is 514 g/mol. The van der Waals surface area contributed by atoms with E-state index >= 15 is 0 Å². The van der Waals surface area contributed by atoms with E-state index in [0.717, 1.165) is 27.8 Å². The highest BCUT2D eigenvalue weighted by molar-refractivity contribution is 14.0. The van der Waals surface area contributed by atoms with Gasteiger partial charge in [0.05, 0.1) is 11.6 Å². The van der Waals surface area contributed by atoms with Crippen molar-refractivity contribution in [1.29, 1.82) is 0 Å². The molecule has 0 spiro atoms. The molecule has 0 aliphatic heterocycles. The van der Waals surface area contributed by atoms with Gasteiger partial charge in [0.2, 0.25) is 0 Å². The molecule has 0 radical (unpaired) electrons. The van der Waals surface area contributed by atoms with Gasteiger partial charge in [-0.15, -0.1) is 35.3 Å². The second kappa shape index (κ2) is 11.4. The van der Waals surface area contributed by atoms with Crippen LogP contribution in [0.25, 0.3) is 0 Å². The first-order chi connectivity index (χ1) is 12.4. The Hall–Kier alpha value is -1.40. The summed E-state index contributed by atoms with van der Waals surface area (Å²) in [5.41, 5.74) is 1.35. The largest absolute Gasteiger partial charge is 0.434 e. The van der Waals surface area contributed by atoms with Crippen LogP contribution in [0.5, 0.6) is 0 Å². The first kappa shape index (κ1) is 23.6. The lowest BCUT2D eigenvalue weighted by Crippen LogP contribution is -2.37. The zero-order valence-electron chi connectivity index (χ0n) is 15.0. The minimum atomic E-state index is -4.39. The Morgan fingerprint density at radius 1 is 1.19 bits per heavy atom. The van der Waals surface area contributed by atoms with Crippen molar-refractivity contribution in [2.24, 2.45) is 4.99 Å². The Bertz CT molecular complexity index is 720. The van der Waals surface area contributed by atoms with Crippen molar-refractivity contribution in [2.45, 2.75) is 25.7 Å². The average Bonchev–Trinajstić information content (AvgIpc) is 3.09. The third-order valence-electron chi connectivity index (χ3n) is 3.49. The molecule has 2 N–H and O–H groups in total. The van der Waals surface area contributed by atoms with Gasteiger partial charge in [-0.2, -0.15) is 13.2 Å². The number of methoxy groups -OCH3 is 1. The molecule has 1 aromatic carbocycles. The van der Waals surface area contributed by atoms with E-state index in [9.17, 15) is 13.2 Å². The number of thiazole rings is 1. The fourth-order valence-corrected chi connectivity index (χ4v) is 2.98. The Morgan fingerprint density at radius 2 is 1.85 bits per heavy atom. The van der Waals surface area contributed by atoms with Crippen LogP contribution in [0.15, 0.2) is 34.6 Å². The summed E-state index contributed by atoms with van der Waals surface area (Å²) in [5, 5.41) is 7.71. The number of aliphatic imine (C=N–C) groups is 1. The molecule has 0 bridgehead atoms. The van der Waals surface area contributed by atoms with E-state index in [1.165, 1.54) is 0 Å². The van der Waals surface area contributed by atoms with Gasteiger partial charge >= 0.3 is 6.18 Å². The molecule has 150 valence electrons. The van der Waals surface area contributed by atoms with Crippen LogP contribution in [0.3, 0.4) is 0 Å². The summed E-state index contributed by atoms with van der Waals surface area (Å²) in [6, 6.07) is 8.00. The van der Waals surface area contributed by atoms with Gasteiger partial charge in [0.15, 0.2) is 11.7 Å². The molecule has 0 unspecified atom stereocenters. The van der Waals surface area contributed by atoms with Crippen LogP contribution in [0, 0.1) is 0 Å². The molecule has 0 amide bonds. The predicted octanol–water partition coefficient (Wildman–Crippen LogP) is 3.83. The standard InChI is InChI=1S/C17H21F3N4OS.HI/c1-21-16(23-9-12-3-5-13(6-4-12)10-25-2)22-8-7-15-24-14(11-26-15)17(18,19)20;/h3-6,11H,7-10H2,1-2H3,(H2,21,22,23);1H. The minimum Gasteiger partial charge on any atom is -0.380 e. The molecule has 10 heteroatoms.